The van der Waals surface area contributed by atoms with Crippen LogP contribution < -0.4 is 15.4 Å². The second-order valence-corrected chi connectivity index (χ2v) is 9.22. The number of para-hydroxylation sites is 1. The van der Waals surface area contributed by atoms with E-state index in [0.29, 0.717) is 27.3 Å². The number of benzene rings is 2. The van der Waals surface area contributed by atoms with Crippen molar-refractivity contribution < 1.29 is 14.3 Å². The predicted octanol–water partition coefficient (Wildman–Crippen LogP) is 5.80. The number of anilines is 2. The molecule has 4 rings (SSSR count). The molecule has 4 aromatic rings. The van der Waals surface area contributed by atoms with Crippen LogP contribution >= 0.6 is 22.7 Å². The Hall–Kier alpha value is -3.82. The largest absolute Gasteiger partial charge is 0.496 e. The van der Waals surface area contributed by atoms with Gasteiger partial charge in [-0.2, -0.15) is 0 Å². The van der Waals surface area contributed by atoms with E-state index in [0.717, 1.165) is 21.7 Å². The number of nitrogens with one attached hydrogen (secondary N) is 2. The van der Waals surface area contributed by atoms with Crippen LogP contribution in [0.1, 0.15) is 27.2 Å². The summed E-state index contributed by atoms with van der Waals surface area (Å²) in [5.74, 6) is -0.0681. The number of rotatable bonds is 7. The third-order valence-electron chi connectivity index (χ3n) is 4.84. The van der Waals surface area contributed by atoms with Crippen LogP contribution in [0, 0.1) is 13.8 Å². The average molecular weight is 491 g/mol. The molecule has 0 unspecified atom stereocenters. The normalized spacial score (nSPS) is 10.9. The van der Waals surface area contributed by atoms with Crippen LogP contribution in [0.4, 0.5) is 10.3 Å². The lowest BCUT2D eigenvalue weighted by Gasteiger charge is -2.06. The topological polar surface area (TPSA) is 93.2 Å². The molecule has 2 aromatic heterocycles. The molecule has 0 atom stereocenters. The van der Waals surface area contributed by atoms with Gasteiger partial charge in [0.05, 0.1) is 28.9 Å². The smallest absolute Gasteiger partial charge is 0.261 e. The predicted molar refractivity (Wildman–Crippen MR) is 138 cm³/mol. The quantitative estimate of drug-likeness (QED) is 0.320. The van der Waals surface area contributed by atoms with Crippen LogP contribution in [0.25, 0.3) is 16.6 Å². The van der Waals surface area contributed by atoms with Crippen molar-refractivity contribution in [3.8, 4) is 16.3 Å². The highest BCUT2D eigenvalue weighted by atomic mass is 32.1. The van der Waals surface area contributed by atoms with Gasteiger partial charge in [0.15, 0.2) is 10.3 Å². The van der Waals surface area contributed by atoms with E-state index in [-0.39, 0.29) is 11.8 Å². The first-order valence-electron chi connectivity index (χ1n) is 10.4. The number of hydrogen-bond donors (Lipinski definition) is 2. The van der Waals surface area contributed by atoms with Gasteiger partial charge in [0, 0.05) is 11.5 Å². The van der Waals surface area contributed by atoms with Gasteiger partial charge in [0.1, 0.15) is 5.75 Å². The summed E-state index contributed by atoms with van der Waals surface area (Å²) >= 11 is 2.65. The first-order valence-corrected chi connectivity index (χ1v) is 12.1. The number of amides is 2. The number of aromatic nitrogens is 2. The number of hydrogen-bond acceptors (Lipinski definition) is 7. The van der Waals surface area contributed by atoms with Gasteiger partial charge in [0.25, 0.3) is 5.91 Å². The fraction of sp³-hybridized carbons (Fsp3) is 0.120. The van der Waals surface area contributed by atoms with Crippen molar-refractivity contribution >= 4 is 50.8 Å². The van der Waals surface area contributed by atoms with Gasteiger partial charge in [-0.25, -0.2) is 9.97 Å². The summed E-state index contributed by atoms with van der Waals surface area (Å²) < 4.78 is 5.26. The molecule has 2 heterocycles. The van der Waals surface area contributed by atoms with Crippen molar-refractivity contribution in [2.45, 2.75) is 13.8 Å². The van der Waals surface area contributed by atoms with Crippen LogP contribution in [0.3, 0.4) is 0 Å². The fourth-order valence-electron chi connectivity index (χ4n) is 3.12. The van der Waals surface area contributed by atoms with E-state index < -0.39 is 0 Å². The van der Waals surface area contributed by atoms with E-state index in [1.165, 1.54) is 35.9 Å². The highest BCUT2D eigenvalue weighted by molar-refractivity contribution is 7.20. The molecule has 0 aliphatic heterocycles. The minimum atomic E-state index is -0.302. The van der Waals surface area contributed by atoms with Crippen LogP contribution in [0.5, 0.6) is 5.75 Å². The van der Waals surface area contributed by atoms with Gasteiger partial charge in [-0.05, 0) is 37.6 Å². The minimum absolute atomic E-state index is 0.257. The monoisotopic (exact) mass is 490 g/mol. The molecule has 2 aromatic carbocycles. The third-order valence-corrected chi connectivity index (χ3v) is 6.69. The number of ether oxygens (including phenoxy) is 1. The van der Waals surface area contributed by atoms with Gasteiger partial charge in [-0.1, -0.05) is 53.3 Å². The molecule has 0 aliphatic rings. The van der Waals surface area contributed by atoms with E-state index in [9.17, 15) is 9.59 Å². The summed E-state index contributed by atoms with van der Waals surface area (Å²) in [6.45, 7) is 3.87. The highest BCUT2D eigenvalue weighted by Gasteiger charge is 2.17. The molecule has 34 heavy (non-hydrogen) atoms. The molecule has 9 heteroatoms. The van der Waals surface area contributed by atoms with E-state index in [1.807, 2.05) is 43.5 Å². The zero-order valence-electron chi connectivity index (χ0n) is 18.8. The standard InChI is InChI=1S/C25H22N4O3S2/c1-15-8-10-17(11-9-15)12-13-21(30)28-24-27-19(14-33-24)22-16(2)26-25(34-22)29-23(31)18-6-4-5-7-20(18)32-3/h4-14H,1-3H3,(H,26,29,31)(H,27,28,30)/b13-12+. The molecular formula is C25H22N4O3S2. The Morgan fingerprint density at radius 1 is 0.971 bits per heavy atom. The number of aryl methyl sites for hydroxylation is 2. The van der Waals surface area contributed by atoms with E-state index in [4.69, 9.17) is 4.74 Å². The molecule has 0 bridgehead atoms. The van der Waals surface area contributed by atoms with Gasteiger partial charge < -0.3 is 4.74 Å². The summed E-state index contributed by atoms with van der Waals surface area (Å²) in [6.07, 6.45) is 3.24. The van der Waals surface area contributed by atoms with Crippen LogP contribution in [0.2, 0.25) is 0 Å². The van der Waals surface area contributed by atoms with E-state index in [2.05, 4.69) is 20.6 Å². The van der Waals surface area contributed by atoms with Crippen LogP contribution in [-0.2, 0) is 4.79 Å². The second-order valence-electron chi connectivity index (χ2n) is 7.36. The first kappa shape index (κ1) is 23.3. The Kier molecular flexibility index (Phi) is 7.15. The van der Waals surface area contributed by atoms with Crippen LogP contribution in [0.15, 0.2) is 60.0 Å². The Balaban J connectivity index is 1.43. The lowest BCUT2D eigenvalue weighted by atomic mass is 10.1. The molecular weight excluding hydrogens is 468 g/mol. The molecule has 7 nitrogen and oxygen atoms in total. The molecule has 0 spiro atoms. The number of carbonyl (C=O) groups is 2. The highest BCUT2D eigenvalue weighted by Crippen LogP contribution is 2.35. The summed E-state index contributed by atoms with van der Waals surface area (Å²) in [5, 5.41) is 8.41. The molecule has 0 aliphatic carbocycles. The Labute approximate surface area is 205 Å². The summed E-state index contributed by atoms with van der Waals surface area (Å²) in [4.78, 5) is 34.7. The van der Waals surface area contributed by atoms with Crippen molar-refractivity contribution in [3.05, 3.63) is 82.4 Å². The molecule has 2 N–H and O–H groups in total. The number of methoxy groups -OCH3 is 1. The summed E-state index contributed by atoms with van der Waals surface area (Å²) in [7, 11) is 1.52. The molecule has 0 radical (unpaired) electrons. The maximum atomic E-state index is 12.7. The zero-order chi connectivity index (χ0) is 24.1. The van der Waals surface area contributed by atoms with Crippen molar-refractivity contribution in [2.24, 2.45) is 0 Å². The molecule has 2 amide bonds. The Morgan fingerprint density at radius 2 is 1.74 bits per heavy atom. The maximum Gasteiger partial charge on any atom is 0.261 e. The van der Waals surface area contributed by atoms with Crippen molar-refractivity contribution in [2.75, 3.05) is 17.7 Å². The number of thiazole rings is 2. The van der Waals surface area contributed by atoms with Crippen LogP contribution in [-0.4, -0.2) is 28.9 Å². The summed E-state index contributed by atoms with van der Waals surface area (Å²) in [6, 6.07) is 14.9. The van der Waals surface area contributed by atoms with Gasteiger partial charge in [-0.15, -0.1) is 11.3 Å². The molecule has 0 fully saturated rings. The number of carbonyl (C=O) groups excluding carboxylic acids is 2. The fourth-order valence-corrected chi connectivity index (χ4v) is 4.82. The lowest BCUT2D eigenvalue weighted by Crippen LogP contribution is -2.12. The molecule has 0 saturated heterocycles. The second kappa shape index (κ2) is 10.4. The minimum Gasteiger partial charge on any atom is -0.496 e. The first-order chi connectivity index (χ1) is 16.4. The van der Waals surface area contributed by atoms with Gasteiger partial charge in [0.2, 0.25) is 5.91 Å². The molecule has 0 saturated carbocycles. The SMILES string of the molecule is COc1ccccc1C(=O)Nc1nc(C)c(-c2csc(NC(=O)/C=C/c3ccc(C)cc3)n2)s1. The Morgan fingerprint density at radius 3 is 2.50 bits per heavy atom. The van der Waals surface area contributed by atoms with Gasteiger partial charge >= 0.3 is 0 Å². The zero-order valence-corrected chi connectivity index (χ0v) is 20.4. The molecule has 172 valence electrons. The van der Waals surface area contributed by atoms with E-state index in [1.54, 1.807) is 30.3 Å². The van der Waals surface area contributed by atoms with Crippen molar-refractivity contribution in [1.29, 1.82) is 0 Å². The van der Waals surface area contributed by atoms with E-state index >= 15 is 0 Å². The van der Waals surface area contributed by atoms with Crippen molar-refractivity contribution in [1.82, 2.24) is 9.97 Å². The lowest BCUT2D eigenvalue weighted by molar-refractivity contribution is -0.111. The Bertz CT molecular complexity index is 1360. The summed E-state index contributed by atoms with van der Waals surface area (Å²) in [5.41, 5.74) is 3.97. The average Bonchev–Trinajstić information content (AvgIpc) is 3.44. The number of nitrogens with zero attached hydrogens (tertiary/aromatic N) is 2. The van der Waals surface area contributed by atoms with Gasteiger partial charge in [-0.3, -0.25) is 20.2 Å². The van der Waals surface area contributed by atoms with Crippen molar-refractivity contribution in [3.63, 3.8) is 0 Å². The third kappa shape index (κ3) is 5.56. The maximum absolute atomic E-state index is 12.7.